The highest BCUT2D eigenvalue weighted by molar-refractivity contribution is 7.98. The molecule has 0 aliphatic carbocycles. The quantitative estimate of drug-likeness (QED) is 0.350. The fourth-order valence-corrected chi connectivity index (χ4v) is 5.26. The van der Waals surface area contributed by atoms with Crippen LogP contribution in [0.3, 0.4) is 0 Å². The van der Waals surface area contributed by atoms with Crippen molar-refractivity contribution in [3.05, 3.63) is 57.7 Å². The summed E-state index contributed by atoms with van der Waals surface area (Å²) in [5.74, 6) is 3.84. The summed E-state index contributed by atoms with van der Waals surface area (Å²) >= 11 is 1.59. The number of hydrazine groups is 1. The molecule has 0 unspecified atom stereocenters. The van der Waals surface area contributed by atoms with Crippen LogP contribution in [0.15, 0.2) is 12.1 Å². The van der Waals surface area contributed by atoms with Crippen molar-refractivity contribution in [2.75, 3.05) is 10.7 Å². The molecule has 0 atom stereocenters. The van der Waals surface area contributed by atoms with Crippen molar-refractivity contribution in [2.24, 2.45) is 5.84 Å². The van der Waals surface area contributed by atoms with E-state index in [1.807, 2.05) is 0 Å². The van der Waals surface area contributed by atoms with Crippen molar-refractivity contribution in [3.8, 4) is 5.95 Å². The first-order valence-corrected chi connectivity index (χ1v) is 10.8. The summed E-state index contributed by atoms with van der Waals surface area (Å²) in [5, 5.41) is 5.42. The molecule has 2 aromatic heterocycles. The van der Waals surface area contributed by atoms with E-state index in [0.29, 0.717) is 22.8 Å². The molecule has 0 spiro atoms. The minimum atomic E-state index is -1.24. The zero-order valence-corrected chi connectivity index (χ0v) is 17.9. The van der Waals surface area contributed by atoms with Gasteiger partial charge in [0.25, 0.3) is 11.9 Å². The monoisotopic (exact) mass is 461 g/mol. The molecule has 166 valence electrons. The fourth-order valence-electron chi connectivity index (χ4n) is 4.13. The van der Waals surface area contributed by atoms with Gasteiger partial charge in [-0.3, -0.25) is 4.79 Å². The molecule has 8 nitrogen and oxygen atoms in total. The van der Waals surface area contributed by atoms with Crippen molar-refractivity contribution in [3.63, 3.8) is 0 Å². The Morgan fingerprint density at radius 3 is 2.62 bits per heavy atom. The second-order valence-electron chi connectivity index (χ2n) is 8.18. The minimum Gasteiger partial charge on any atom is -0.383 e. The first kappa shape index (κ1) is 20.8. The fraction of sp³-hybridized carbons (Fsp3) is 0.300. The molecule has 4 heterocycles. The standard InChI is InChI=1S/C20H18F3N7OS/c1-20(2)14-16(24)26-19(27-17(14)29(25)18(20)31)30-13-7-32-6-9(13)12(28-30)5-8-10(21)3-4-11(22)15(8)23/h3-4H,5-7,25H2,1-2H3,(H2,24,26,27). The normalized spacial score (nSPS) is 16.6. The summed E-state index contributed by atoms with van der Waals surface area (Å²) in [5.41, 5.74) is 7.13. The number of fused-ring (bicyclic) bond motifs is 2. The average Bonchev–Trinajstić information content (AvgIpc) is 3.39. The molecule has 32 heavy (non-hydrogen) atoms. The maximum atomic E-state index is 14.2. The number of nitrogens with two attached hydrogens (primary N) is 2. The molecule has 12 heteroatoms. The van der Waals surface area contributed by atoms with Crippen LogP contribution in [-0.4, -0.2) is 25.7 Å². The number of hydrogen-bond donors (Lipinski definition) is 2. The number of carbonyl (C=O) groups excluding carboxylic acids is 1. The van der Waals surface area contributed by atoms with E-state index < -0.39 is 28.4 Å². The maximum Gasteiger partial charge on any atom is 0.254 e. The van der Waals surface area contributed by atoms with E-state index in [1.165, 1.54) is 4.68 Å². The highest BCUT2D eigenvalue weighted by Gasteiger charge is 2.47. The van der Waals surface area contributed by atoms with Gasteiger partial charge >= 0.3 is 0 Å². The van der Waals surface area contributed by atoms with Crippen LogP contribution in [0.2, 0.25) is 0 Å². The van der Waals surface area contributed by atoms with Crippen LogP contribution in [0.1, 0.15) is 41.9 Å². The van der Waals surface area contributed by atoms with Gasteiger partial charge < -0.3 is 5.73 Å². The van der Waals surface area contributed by atoms with Gasteiger partial charge in [-0.2, -0.15) is 26.8 Å². The molecular formula is C20H18F3N7OS. The van der Waals surface area contributed by atoms with Crippen LogP contribution < -0.4 is 16.6 Å². The predicted octanol–water partition coefficient (Wildman–Crippen LogP) is 2.50. The van der Waals surface area contributed by atoms with Crippen molar-refractivity contribution in [2.45, 2.75) is 37.2 Å². The van der Waals surface area contributed by atoms with Gasteiger partial charge in [-0.15, -0.1) is 0 Å². The first-order chi connectivity index (χ1) is 15.1. The van der Waals surface area contributed by atoms with Crippen LogP contribution in [-0.2, 0) is 28.1 Å². The second kappa shape index (κ2) is 6.94. The first-order valence-electron chi connectivity index (χ1n) is 9.68. The van der Waals surface area contributed by atoms with Crippen molar-refractivity contribution < 1.29 is 18.0 Å². The van der Waals surface area contributed by atoms with E-state index in [2.05, 4.69) is 15.1 Å². The van der Waals surface area contributed by atoms with Crippen LogP contribution in [0.25, 0.3) is 5.95 Å². The minimum absolute atomic E-state index is 0.0902. The van der Waals surface area contributed by atoms with Crippen LogP contribution in [0, 0.1) is 17.5 Å². The third-order valence-electron chi connectivity index (χ3n) is 5.84. The highest BCUT2D eigenvalue weighted by atomic mass is 32.2. The molecule has 0 saturated carbocycles. The van der Waals surface area contributed by atoms with E-state index in [9.17, 15) is 18.0 Å². The Labute approximate surface area is 184 Å². The Kier molecular flexibility index (Phi) is 4.50. The second-order valence-corrected chi connectivity index (χ2v) is 9.17. The number of nitrogens with zero attached hydrogens (tertiary/aromatic N) is 5. The molecule has 1 amide bonds. The van der Waals surface area contributed by atoms with Crippen molar-refractivity contribution in [1.82, 2.24) is 19.7 Å². The van der Waals surface area contributed by atoms with Gasteiger partial charge in [-0.1, -0.05) is 0 Å². The molecule has 1 aromatic carbocycles. The Bertz CT molecular complexity index is 1310. The highest BCUT2D eigenvalue weighted by Crippen LogP contribution is 2.42. The van der Waals surface area contributed by atoms with Crippen LogP contribution in [0.4, 0.5) is 24.8 Å². The molecule has 4 N–H and O–H groups in total. The number of aromatic nitrogens is 4. The molecule has 0 fully saturated rings. The van der Waals surface area contributed by atoms with Crippen LogP contribution >= 0.6 is 11.8 Å². The molecule has 3 aromatic rings. The van der Waals surface area contributed by atoms with E-state index in [-0.39, 0.29) is 29.9 Å². The number of thioether (sulfide) groups is 1. The molecule has 2 aliphatic heterocycles. The average molecular weight is 461 g/mol. The van der Waals surface area contributed by atoms with Gasteiger partial charge in [-0.05, 0) is 26.0 Å². The third kappa shape index (κ3) is 2.82. The summed E-state index contributed by atoms with van der Waals surface area (Å²) in [7, 11) is 0. The van der Waals surface area contributed by atoms with E-state index >= 15 is 0 Å². The molecule has 5 rings (SSSR count). The number of nitrogen functional groups attached to an aromatic ring is 1. The van der Waals surface area contributed by atoms with Gasteiger partial charge in [0.1, 0.15) is 11.6 Å². The lowest BCUT2D eigenvalue weighted by atomic mass is 9.87. The number of anilines is 2. The molecule has 0 saturated heterocycles. The molecule has 0 radical (unpaired) electrons. The van der Waals surface area contributed by atoms with Crippen molar-refractivity contribution in [1.29, 1.82) is 0 Å². The number of rotatable bonds is 3. The molecular weight excluding hydrogens is 443 g/mol. The van der Waals surface area contributed by atoms with Crippen molar-refractivity contribution >= 4 is 29.3 Å². The number of hydrogen-bond acceptors (Lipinski definition) is 7. The predicted molar refractivity (Wildman–Crippen MR) is 112 cm³/mol. The lowest BCUT2D eigenvalue weighted by Crippen LogP contribution is -2.41. The maximum absolute atomic E-state index is 14.2. The zero-order chi connectivity index (χ0) is 22.9. The summed E-state index contributed by atoms with van der Waals surface area (Å²) in [4.78, 5) is 21.3. The summed E-state index contributed by atoms with van der Waals surface area (Å²) < 4.78 is 43.6. The largest absolute Gasteiger partial charge is 0.383 e. The van der Waals surface area contributed by atoms with Gasteiger partial charge in [0.15, 0.2) is 17.5 Å². The van der Waals surface area contributed by atoms with E-state index in [1.54, 1.807) is 25.6 Å². The van der Waals surface area contributed by atoms with E-state index in [4.69, 9.17) is 11.6 Å². The zero-order valence-electron chi connectivity index (χ0n) is 17.1. The van der Waals surface area contributed by atoms with E-state index in [0.717, 1.165) is 28.4 Å². The summed E-state index contributed by atoms with van der Waals surface area (Å²) in [6.45, 7) is 3.37. The van der Waals surface area contributed by atoms with Gasteiger partial charge in [0, 0.05) is 29.1 Å². The number of benzene rings is 1. The van der Waals surface area contributed by atoms with Gasteiger partial charge in [0.2, 0.25) is 0 Å². The smallest absolute Gasteiger partial charge is 0.254 e. The van der Waals surface area contributed by atoms with Gasteiger partial charge in [-0.25, -0.2) is 28.7 Å². The summed E-state index contributed by atoms with van der Waals surface area (Å²) in [6, 6.07) is 1.63. The topological polar surface area (TPSA) is 116 Å². The Morgan fingerprint density at radius 2 is 1.88 bits per heavy atom. The Hall–Kier alpha value is -3.12. The molecule has 2 aliphatic rings. The lowest BCUT2D eigenvalue weighted by molar-refractivity contribution is -0.122. The number of carbonyl (C=O) groups is 1. The summed E-state index contributed by atoms with van der Waals surface area (Å²) in [6.07, 6.45) is -0.236. The van der Waals surface area contributed by atoms with Gasteiger partial charge in [0.05, 0.1) is 22.4 Å². The number of halogens is 3. The Balaban J connectivity index is 1.63. The molecule has 0 bridgehead atoms. The SMILES string of the molecule is CC1(C)C(=O)N(N)c2nc(-n3nc(Cc4c(F)ccc(F)c4F)c4c3CSC4)nc(N)c21. The lowest BCUT2D eigenvalue weighted by Gasteiger charge is -2.16. The van der Waals surface area contributed by atoms with Crippen LogP contribution in [0.5, 0.6) is 0 Å². The Morgan fingerprint density at radius 1 is 1.16 bits per heavy atom. The number of amides is 1. The third-order valence-corrected chi connectivity index (χ3v) is 6.81.